The molecule has 1 aliphatic heterocycles. The largest absolute Gasteiger partial charge is 0.383 e. The third-order valence-electron chi connectivity index (χ3n) is 2.69. The first-order valence-corrected chi connectivity index (χ1v) is 5.86. The summed E-state index contributed by atoms with van der Waals surface area (Å²) in [4.78, 5) is 13.9. The van der Waals surface area contributed by atoms with Crippen LogP contribution in [0.3, 0.4) is 0 Å². The topological polar surface area (TPSA) is 40.5 Å². The lowest BCUT2D eigenvalue weighted by Crippen LogP contribution is -2.42. The van der Waals surface area contributed by atoms with Crippen LogP contribution in [-0.4, -0.2) is 41.5 Å². The van der Waals surface area contributed by atoms with Gasteiger partial charge in [0.05, 0.1) is 0 Å². The highest BCUT2D eigenvalue weighted by atomic mass is 16.3. The van der Waals surface area contributed by atoms with Crippen LogP contribution < -0.4 is 0 Å². The summed E-state index contributed by atoms with van der Waals surface area (Å²) in [6.45, 7) is 9.08. The first-order chi connectivity index (χ1) is 6.91. The molecule has 0 radical (unpaired) electrons. The molecule has 0 aliphatic carbocycles. The van der Waals surface area contributed by atoms with Crippen molar-refractivity contribution in [2.45, 2.75) is 46.1 Å². The van der Waals surface area contributed by atoms with Crippen LogP contribution in [0.1, 0.15) is 40.5 Å². The Morgan fingerprint density at radius 3 is 2.00 bits per heavy atom. The Kier molecular flexibility index (Phi) is 6.06. The highest BCUT2D eigenvalue weighted by Crippen LogP contribution is 2.22. The number of hydrogen-bond acceptors (Lipinski definition) is 3. The minimum absolute atomic E-state index is 0.000556. The van der Waals surface area contributed by atoms with Crippen molar-refractivity contribution in [1.82, 2.24) is 4.90 Å². The Morgan fingerprint density at radius 2 is 1.67 bits per heavy atom. The number of nitrogens with zero attached hydrogens (tertiary/aromatic N) is 1. The average Bonchev–Trinajstić information content (AvgIpc) is 2.20. The molecule has 0 spiro atoms. The predicted octanol–water partition coefficient (Wildman–Crippen LogP) is 1.69. The van der Waals surface area contributed by atoms with E-state index >= 15 is 0 Å². The fraction of sp³-hybridized carbons (Fsp3) is 0.917. The normalized spacial score (nSPS) is 19.3. The molecule has 0 aromatic carbocycles. The van der Waals surface area contributed by atoms with Crippen LogP contribution in [0.15, 0.2) is 0 Å². The summed E-state index contributed by atoms with van der Waals surface area (Å²) in [5, 5.41) is 9.54. The van der Waals surface area contributed by atoms with Crippen LogP contribution in [0.2, 0.25) is 0 Å². The highest BCUT2D eigenvalue weighted by Gasteiger charge is 2.32. The molecular formula is C12H25NO2. The smallest absolute Gasteiger partial charge is 0.166 e. The van der Waals surface area contributed by atoms with E-state index in [2.05, 4.69) is 11.9 Å². The maximum Gasteiger partial charge on any atom is 0.166 e. The van der Waals surface area contributed by atoms with Crippen LogP contribution >= 0.6 is 0 Å². The molecular weight excluding hydrogens is 190 g/mol. The van der Waals surface area contributed by atoms with Gasteiger partial charge < -0.3 is 10.0 Å². The van der Waals surface area contributed by atoms with Gasteiger partial charge in [-0.2, -0.15) is 0 Å². The number of likely N-dealkylation sites (tertiary alicyclic amines) is 1. The molecule has 90 valence electrons. The summed E-state index contributed by atoms with van der Waals surface area (Å²) >= 11 is 0. The number of carbonyl (C=O) groups is 1. The van der Waals surface area contributed by atoms with Gasteiger partial charge in [0.1, 0.15) is 5.60 Å². The van der Waals surface area contributed by atoms with Crippen molar-refractivity contribution in [2.75, 3.05) is 20.1 Å². The van der Waals surface area contributed by atoms with Crippen molar-refractivity contribution < 1.29 is 9.90 Å². The molecule has 1 aliphatic rings. The molecule has 1 fully saturated rings. The number of aliphatic hydroxyl groups is 1. The first-order valence-electron chi connectivity index (χ1n) is 5.86. The van der Waals surface area contributed by atoms with Gasteiger partial charge in [-0.15, -0.1) is 0 Å². The lowest BCUT2D eigenvalue weighted by atomic mass is 9.85. The molecule has 1 N–H and O–H groups in total. The van der Waals surface area contributed by atoms with E-state index in [4.69, 9.17) is 0 Å². The molecule has 0 saturated carbocycles. The van der Waals surface area contributed by atoms with E-state index in [1.54, 1.807) is 13.8 Å². The first kappa shape index (κ1) is 14.6. The van der Waals surface area contributed by atoms with E-state index < -0.39 is 5.60 Å². The molecule has 3 heteroatoms. The molecule has 1 saturated heterocycles. The second-order valence-corrected chi connectivity index (χ2v) is 4.50. The number of ketones is 1. The summed E-state index contributed by atoms with van der Waals surface area (Å²) in [5.74, 6) is 0.0665. The molecule has 0 aromatic heterocycles. The SMILES string of the molecule is CC.CN1CCC(C(=O)C(C)(C)O)CC1. The second kappa shape index (κ2) is 6.23. The predicted molar refractivity (Wildman–Crippen MR) is 62.9 cm³/mol. The van der Waals surface area contributed by atoms with Crippen molar-refractivity contribution in [3.63, 3.8) is 0 Å². The van der Waals surface area contributed by atoms with Crippen LogP contribution in [-0.2, 0) is 4.79 Å². The molecule has 0 unspecified atom stereocenters. The van der Waals surface area contributed by atoms with Crippen molar-refractivity contribution in [2.24, 2.45) is 5.92 Å². The summed E-state index contributed by atoms with van der Waals surface area (Å²) < 4.78 is 0. The minimum atomic E-state index is -1.15. The zero-order chi connectivity index (χ0) is 12.1. The van der Waals surface area contributed by atoms with Crippen molar-refractivity contribution in [3.8, 4) is 0 Å². The van der Waals surface area contributed by atoms with Crippen LogP contribution in [0.5, 0.6) is 0 Å². The van der Waals surface area contributed by atoms with Gasteiger partial charge >= 0.3 is 0 Å². The number of hydrogen-bond donors (Lipinski definition) is 1. The van der Waals surface area contributed by atoms with E-state index in [1.165, 1.54) is 0 Å². The molecule has 0 atom stereocenters. The number of carbonyl (C=O) groups excluding carboxylic acids is 1. The highest BCUT2D eigenvalue weighted by molar-refractivity contribution is 5.88. The van der Waals surface area contributed by atoms with E-state index in [9.17, 15) is 9.90 Å². The fourth-order valence-corrected chi connectivity index (χ4v) is 1.77. The number of Topliss-reactive ketones (excluding diaryl/α,β-unsaturated/α-hetero) is 1. The summed E-state index contributed by atoms with van der Waals surface area (Å²) in [7, 11) is 2.06. The van der Waals surface area contributed by atoms with Crippen molar-refractivity contribution >= 4 is 5.78 Å². The molecule has 0 bridgehead atoms. The molecule has 0 amide bonds. The Hall–Kier alpha value is -0.410. The minimum Gasteiger partial charge on any atom is -0.383 e. The lowest BCUT2D eigenvalue weighted by molar-refractivity contribution is -0.139. The molecule has 1 heterocycles. The van der Waals surface area contributed by atoms with Crippen LogP contribution in [0.4, 0.5) is 0 Å². The zero-order valence-electron chi connectivity index (χ0n) is 10.7. The third-order valence-corrected chi connectivity index (χ3v) is 2.69. The molecule has 1 rings (SSSR count). The Balaban J connectivity index is 0.000000921. The van der Waals surface area contributed by atoms with Gasteiger partial charge in [0.2, 0.25) is 0 Å². The second-order valence-electron chi connectivity index (χ2n) is 4.50. The standard InChI is InChI=1S/C10H19NO2.C2H6/c1-10(2,13)9(12)8-4-6-11(3)7-5-8;1-2/h8,13H,4-7H2,1-3H3;1-2H3. The average molecular weight is 215 g/mol. The van der Waals surface area contributed by atoms with Gasteiger partial charge in [-0.05, 0) is 46.8 Å². The fourth-order valence-electron chi connectivity index (χ4n) is 1.77. The molecule has 3 nitrogen and oxygen atoms in total. The van der Waals surface area contributed by atoms with Gasteiger partial charge in [0.15, 0.2) is 5.78 Å². The third kappa shape index (κ3) is 4.76. The van der Waals surface area contributed by atoms with Gasteiger partial charge in [0, 0.05) is 5.92 Å². The quantitative estimate of drug-likeness (QED) is 0.762. The van der Waals surface area contributed by atoms with Crippen molar-refractivity contribution in [3.05, 3.63) is 0 Å². The maximum atomic E-state index is 11.7. The van der Waals surface area contributed by atoms with Gasteiger partial charge in [-0.1, -0.05) is 13.8 Å². The maximum absolute atomic E-state index is 11.7. The van der Waals surface area contributed by atoms with Crippen LogP contribution in [0, 0.1) is 5.92 Å². The van der Waals surface area contributed by atoms with E-state index in [-0.39, 0.29) is 11.7 Å². The molecule has 0 aromatic rings. The number of rotatable bonds is 2. The monoisotopic (exact) mass is 215 g/mol. The Labute approximate surface area is 93.5 Å². The van der Waals surface area contributed by atoms with Gasteiger partial charge in [-0.3, -0.25) is 4.79 Å². The van der Waals surface area contributed by atoms with E-state index in [0.29, 0.717) is 0 Å². The Bertz CT molecular complexity index is 188. The van der Waals surface area contributed by atoms with Crippen LogP contribution in [0.25, 0.3) is 0 Å². The van der Waals surface area contributed by atoms with E-state index in [0.717, 1.165) is 25.9 Å². The zero-order valence-corrected chi connectivity index (χ0v) is 10.7. The Morgan fingerprint density at radius 1 is 1.27 bits per heavy atom. The molecule has 15 heavy (non-hydrogen) atoms. The van der Waals surface area contributed by atoms with E-state index in [1.807, 2.05) is 13.8 Å². The van der Waals surface area contributed by atoms with Gasteiger partial charge in [-0.25, -0.2) is 0 Å². The lowest BCUT2D eigenvalue weighted by Gasteiger charge is -2.31. The van der Waals surface area contributed by atoms with Crippen molar-refractivity contribution in [1.29, 1.82) is 0 Å². The summed E-state index contributed by atoms with van der Waals surface area (Å²) in [6, 6.07) is 0. The summed E-state index contributed by atoms with van der Waals surface area (Å²) in [6.07, 6.45) is 1.78. The summed E-state index contributed by atoms with van der Waals surface area (Å²) in [5.41, 5.74) is -1.15. The number of piperidine rings is 1. The van der Waals surface area contributed by atoms with Gasteiger partial charge in [0.25, 0.3) is 0 Å².